The third-order valence-corrected chi connectivity index (χ3v) is 4.20. The Morgan fingerprint density at radius 1 is 1.28 bits per heavy atom. The van der Waals surface area contributed by atoms with E-state index in [1.807, 2.05) is 0 Å². The molecule has 2 nitrogen and oxygen atoms in total. The van der Waals surface area contributed by atoms with Crippen LogP contribution in [0, 0.1) is 23.2 Å². The van der Waals surface area contributed by atoms with E-state index in [1.54, 1.807) is 0 Å². The van der Waals surface area contributed by atoms with Crippen molar-refractivity contribution in [3.63, 3.8) is 0 Å². The molecule has 0 unspecified atom stereocenters. The zero-order valence-corrected chi connectivity index (χ0v) is 12.1. The lowest BCUT2D eigenvalue weighted by molar-refractivity contribution is -0.0234. The van der Waals surface area contributed by atoms with Crippen molar-refractivity contribution in [1.82, 2.24) is 9.80 Å². The van der Waals surface area contributed by atoms with Crippen LogP contribution in [0.4, 0.5) is 0 Å². The molecule has 0 radical (unpaired) electrons. The second-order valence-electron chi connectivity index (χ2n) is 6.34. The summed E-state index contributed by atoms with van der Waals surface area (Å²) in [7, 11) is 0. The Morgan fingerprint density at radius 3 is 2.39 bits per heavy atom. The fraction of sp³-hybridized carbons (Fsp3) is 0.750. The highest BCUT2D eigenvalue weighted by molar-refractivity contribution is 5.08. The Kier molecular flexibility index (Phi) is 4.02. The number of nitrogens with zero attached hydrogens (tertiary/aromatic N) is 2. The van der Waals surface area contributed by atoms with E-state index in [9.17, 15) is 0 Å². The molecule has 18 heavy (non-hydrogen) atoms. The van der Waals surface area contributed by atoms with E-state index in [2.05, 4.69) is 49.0 Å². The molecule has 2 fully saturated rings. The summed E-state index contributed by atoms with van der Waals surface area (Å²) in [5, 5.41) is 0. The molecule has 0 N–H and O–H groups in total. The third-order valence-electron chi connectivity index (χ3n) is 4.20. The first-order valence-electron chi connectivity index (χ1n) is 7.12. The predicted octanol–water partition coefficient (Wildman–Crippen LogP) is 2.58. The number of likely N-dealkylation sites (tertiary alicyclic amines) is 2. The van der Waals surface area contributed by atoms with E-state index < -0.39 is 0 Å². The molecule has 0 aromatic rings. The van der Waals surface area contributed by atoms with Gasteiger partial charge in [0.1, 0.15) is 0 Å². The lowest BCUT2D eigenvalue weighted by atomic mass is 9.72. The summed E-state index contributed by atoms with van der Waals surface area (Å²) in [5.41, 5.74) is 1.83. The van der Waals surface area contributed by atoms with E-state index in [4.69, 9.17) is 0 Å². The SMILES string of the molecule is C=C(C)N1CC2(CCN(CC#CC(C)C)CC2)C1. The highest BCUT2D eigenvalue weighted by atomic mass is 15.2. The highest BCUT2D eigenvalue weighted by Crippen LogP contribution is 2.41. The van der Waals surface area contributed by atoms with Gasteiger partial charge in [0.2, 0.25) is 0 Å². The van der Waals surface area contributed by atoms with Gasteiger partial charge in [-0.05, 0) is 32.9 Å². The maximum atomic E-state index is 4.02. The Bertz CT molecular complexity index is 356. The Hall–Kier alpha value is -0.940. The molecule has 0 aromatic heterocycles. The summed E-state index contributed by atoms with van der Waals surface area (Å²) in [6, 6.07) is 0. The molecule has 0 atom stereocenters. The largest absolute Gasteiger partial charge is 0.374 e. The normalized spacial score (nSPS) is 22.6. The van der Waals surface area contributed by atoms with E-state index >= 15 is 0 Å². The second kappa shape index (κ2) is 5.36. The van der Waals surface area contributed by atoms with Crippen molar-refractivity contribution in [3.05, 3.63) is 12.3 Å². The van der Waals surface area contributed by atoms with Gasteiger partial charge in [0.05, 0.1) is 6.54 Å². The van der Waals surface area contributed by atoms with Crippen LogP contribution in [0.3, 0.4) is 0 Å². The van der Waals surface area contributed by atoms with Crippen LogP contribution in [0.5, 0.6) is 0 Å². The Morgan fingerprint density at radius 2 is 1.89 bits per heavy atom. The molecule has 100 valence electrons. The summed E-state index contributed by atoms with van der Waals surface area (Å²) >= 11 is 0. The van der Waals surface area contributed by atoms with Crippen molar-refractivity contribution < 1.29 is 0 Å². The molecule has 2 aliphatic rings. The molecular formula is C16H26N2. The monoisotopic (exact) mass is 246 g/mol. The van der Waals surface area contributed by atoms with Gasteiger partial charge in [-0.25, -0.2) is 0 Å². The van der Waals surface area contributed by atoms with Crippen LogP contribution in [0.1, 0.15) is 33.6 Å². The molecule has 2 heteroatoms. The maximum Gasteiger partial charge on any atom is 0.0601 e. The molecule has 2 heterocycles. The molecule has 2 aliphatic heterocycles. The number of hydrogen-bond acceptors (Lipinski definition) is 2. The zero-order chi connectivity index (χ0) is 13.2. The Balaban J connectivity index is 1.73. The lowest BCUT2D eigenvalue weighted by Crippen LogP contribution is -2.59. The molecule has 0 aliphatic carbocycles. The van der Waals surface area contributed by atoms with Crippen molar-refractivity contribution in [2.75, 3.05) is 32.7 Å². The van der Waals surface area contributed by atoms with Gasteiger partial charge in [-0.2, -0.15) is 0 Å². The fourth-order valence-electron chi connectivity index (χ4n) is 2.90. The topological polar surface area (TPSA) is 6.48 Å². The van der Waals surface area contributed by atoms with Crippen LogP contribution in [-0.2, 0) is 0 Å². The van der Waals surface area contributed by atoms with Crippen molar-refractivity contribution in [3.8, 4) is 11.8 Å². The van der Waals surface area contributed by atoms with E-state index in [1.165, 1.54) is 44.7 Å². The maximum absolute atomic E-state index is 4.02. The number of rotatable bonds is 2. The van der Waals surface area contributed by atoms with Crippen LogP contribution < -0.4 is 0 Å². The van der Waals surface area contributed by atoms with Gasteiger partial charge in [0.25, 0.3) is 0 Å². The summed E-state index contributed by atoms with van der Waals surface area (Å²) in [6.07, 6.45) is 2.67. The average molecular weight is 246 g/mol. The smallest absolute Gasteiger partial charge is 0.0601 e. The molecule has 0 amide bonds. The minimum Gasteiger partial charge on any atom is -0.374 e. The van der Waals surface area contributed by atoms with Crippen LogP contribution in [0.25, 0.3) is 0 Å². The standard InChI is InChI=1S/C16H26N2/c1-14(2)6-5-9-17-10-7-16(8-11-17)12-18(13-16)15(3)4/h14H,3,7-13H2,1-2,4H3. The van der Waals surface area contributed by atoms with Crippen LogP contribution >= 0.6 is 0 Å². The number of allylic oxidation sites excluding steroid dienone is 1. The molecular weight excluding hydrogens is 220 g/mol. The van der Waals surface area contributed by atoms with Gasteiger partial charge < -0.3 is 4.90 Å². The van der Waals surface area contributed by atoms with E-state index in [0.717, 1.165) is 6.54 Å². The summed E-state index contributed by atoms with van der Waals surface area (Å²) in [6.45, 7) is 16.3. The molecule has 2 saturated heterocycles. The van der Waals surface area contributed by atoms with Crippen molar-refractivity contribution >= 4 is 0 Å². The lowest BCUT2D eigenvalue weighted by Gasteiger charge is -2.55. The first-order chi connectivity index (χ1) is 8.51. The molecule has 0 bridgehead atoms. The summed E-state index contributed by atoms with van der Waals surface area (Å²) in [4.78, 5) is 4.91. The van der Waals surface area contributed by atoms with Gasteiger partial charge >= 0.3 is 0 Å². The number of piperidine rings is 1. The van der Waals surface area contributed by atoms with Crippen molar-refractivity contribution in [2.45, 2.75) is 33.6 Å². The van der Waals surface area contributed by atoms with Gasteiger partial charge in [-0.3, -0.25) is 4.90 Å². The summed E-state index contributed by atoms with van der Waals surface area (Å²) in [5.74, 6) is 7.05. The van der Waals surface area contributed by atoms with Gasteiger partial charge in [0.15, 0.2) is 0 Å². The first-order valence-corrected chi connectivity index (χ1v) is 7.12. The van der Waals surface area contributed by atoms with Gasteiger partial charge in [0, 0.05) is 30.1 Å². The molecule has 2 rings (SSSR count). The van der Waals surface area contributed by atoms with Crippen LogP contribution in [-0.4, -0.2) is 42.5 Å². The fourth-order valence-corrected chi connectivity index (χ4v) is 2.90. The van der Waals surface area contributed by atoms with Gasteiger partial charge in [-0.1, -0.05) is 32.3 Å². The predicted molar refractivity (Wildman–Crippen MR) is 77.1 cm³/mol. The minimum absolute atomic E-state index is 0.497. The van der Waals surface area contributed by atoms with Gasteiger partial charge in [-0.15, -0.1) is 0 Å². The van der Waals surface area contributed by atoms with Crippen molar-refractivity contribution in [1.29, 1.82) is 0 Å². The number of hydrogen-bond donors (Lipinski definition) is 0. The van der Waals surface area contributed by atoms with Crippen LogP contribution in [0.15, 0.2) is 12.3 Å². The summed E-state index contributed by atoms with van der Waals surface area (Å²) < 4.78 is 0. The van der Waals surface area contributed by atoms with E-state index in [0.29, 0.717) is 11.3 Å². The second-order valence-corrected chi connectivity index (χ2v) is 6.34. The Labute approximate surface area is 112 Å². The van der Waals surface area contributed by atoms with E-state index in [-0.39, 0.29) is 0 Å². The molecule has 0 aromatic carbocycles. The first kappa shape index (κ1) is 13.5. The molecule has 0 saturated carbocycles. The zero-order valence-electron chi connectivity index (χ0n) is 12.1. The van der Waals surface area contributed by atoms with Crippen molar-refractivity contribution in [2.24, 2.45) is 11.3 Å². The molecule has 1 spiro atoms. The average Bonchev–Trinajstić information content (AvgIpc) is 2.26. The third kappa shape index (κ3) is 3.09. The van der Waals surface area contributed by atoms with Crippen LogP contribution in [0.2, 0.25) is 0 Å². The quantitative estimate of drug-likeness (QED) is 0.691. The minimum atomic E-state index is 0.497. The highest BCUT2D eigenvalue weighted by Gasteiger charge is 2.44.